The first-order valence-corrected chi connectivity index (χ1v) is 5.49. The van der Waals surface area contributed by atoms with E-state index in [4.69, 9.17) is 0 Å². The Bertz CT molecular complexity index is 296. The molecule has 0 saturated carbocycles. The van der Waals surface area contributed by atoms with Crippen LogP contribution in [0.1, 0.15) is 5.56 Å². The van der Waals surface area contributed by atoms with Gasteiger partial charge in [-0.15, -0.1) is 0 Å². The van der Waals surface area contributed by atoms with Gasteiger partial charge < -0.3 is 5.11 Å². The fourth-order valence-electron chi connectivity index (χ4n) is 0.778. The standard InChI is InChI=1S/C8H5Br3O/c9-6-2-1-3-7(12)5(6)4-8(10)11/h1-4,12H. The molecule has 0 atom stereocenters. The number of phenolic OH excluding ortho intramolecular Hbond substituents is 1. The molecule has 0 aliphatic rings. The molecule has 0 aliphatic heterocycles. The van der Waals surface area contributed by atoms with Gasteiger partial charge in [0, 0.05) is 10.0 Å². The zero-order valence-electron chi connectivity index (χ0n) is 5.89. The highest BCUT2D eigenvalue weighted by molar-refractivity contribution is 9.28. The zero-order chi connectivity index (χ0) is 9.14. The van der Waals surface area contributed by atoms with E-state index in [1.54, 1.807) is 18.2 Å². The summed E-state index contributed by atoms with van der Waals surface area (Å²) in [6.45, 7) is 0. The van der Waals surface area contributed by atoms with E-state index in [1.165, 1.54) is 0 Å². The van der Waals surface area contributed by atoms with Crippen LogP contribution in [0.25, 0.3) is 6.08 Å². The summed E-state index contributed by atoms with van der Waals surface area (Å²) in [5.41, 5.74) is 0.751. The van der Waals surface area contributed by atoms with Gasteiger partial charge in [-0.25, -0.2) is 0 Å². The van der Waals surface area contributed by atoms with Gasteiger partial charge in [-0.05, 0) is 50.1 Å². The van der Waals surface area contributed by atoms with Gasteiger partial charge in [0.25, 0.3) is 0 Å². The number of aromatic hydroxyl groups is 1. The van der Waals surface area contributed by atoms with Gasteiger partial charge in [-0.3, -0.25) is 0 Å². The quantitative estimate of drug-likeness (QED) is 0.797. The number of hydrogen-bond donors (Lipinski definition) is 1. The summed E-state index contributed by atoms with van der Waals surface area (Å²) in [6, 6.07) is 5.28. The Labute approximate surface area is 95.9 Å². The van der Waals surface area contributed by atoms with Crippen LogP contribution in [0.4, 0.5) is 0 Å². The molecule has 0 fully saturated rings. The van der Waals surface area contributed by atoms with Crippen molar-refractivity contribution in [3.05, 3.63) is 31.6 Å². The molecule has 1 aromatic rings. The summed E-state index contributed by atoms with van der Waals surface area (Å²) in [6.07, 6.45) is 1.78. The summed E-state index contributed by atoms with van der Waals surface area (Å²) in [5, 5.41) is 9.42. The van der Waals surface area contributed by atoms with Crippen LogP contribution in [0.3, 0.4) is 0 Å². The van der Waals surface area contributed by atoms with Gasteiger partial charge in [0.05, 0.1) is 3.39 Å². The molecule has 0 amide bonds. The Hall–Kier alpha value is 0.200. The molecule has 0 spiro atoms. The van der Waals surface area contributed by atoms with Crippen LogP contribution in [-0.4, -0.2) is 5.11 Å². The minimum absolute atomic E-state index is 0.251. The lowest BCUT2D eigenvalue weighted by atomic mass is 10.2. The van der Waals surface area contributed by atoms with Gasteiger partial charge in [0.1, 0.15) is 5.75 Å². The third-order valence-corrected chi connectivity index (χ3v) is 2.43. The van der Waals surface area contributed by atoms with Crippen LogP contribution in [0.15, 0.2) is 26.1 Å². The lowest BCUT2D eigenvalue weighted by Crippen LogP contribution is -1.76. The van der Waals surface area contributed by atoms with Crippen LogP contribution in [-0.2, 0) is 0 Å². The molecule has 1 rings (SSSR count). The first-order chi connectivity index (χ1) is 5.61. The van der Waals surface area contributed by atoms with E-state index in [0.717, 1.165) is 13.4 Å². The van der Waals surface area contributed by atoms with E-state index < -0.39 is 0 Å². The van der Waals surface area contributed by atoms with Gasteiger partial charge in [-0.1, -0.05) is 22.0 Å². The average molecular weight is 357 g/mol. The summed E-state index contributed by atoms with van der Waals surface area (Å²) in [4.78, 5) is 0. The molecule has 4 heteroatoms. The first kappa shape index (κ1) is 10.3. The predicted molar refractivity (Wildman–Crippen MR) is 61.6 cm³/mol. The van der Waals surface area contributed by atoms with Crippen molar-refractivity contribution >= 4 is 53.9 Å². The molecule has 0 aromatic heterocycles. The Balaban J connectivity index is 3.22. The van der Waals surface area contributed by atoms with E-state index in [9.17, 15) is 5.11 Å². The third-order valence-electron chi connectivity index (χ3n) is 1.28. The van der Waals surface area contributed by atoms with Crippen molar-refractivity contribution in [3.8, 4) is 5.75 Å². The van der Waals surface area contributed by atoms with Gasteiger partial charge in [0.2, 0.25) is 0 Å². The van der Waals surface area contributed by atoms with E-state index in [0.29, 0.717) is 0 Å². The van der Waals surface area contributed by atoms with Crippen molar-refractivity contribution in [1.29, 1.82) is 0 Å². The van der Waals surface area contributed by atoms with Gasteiger partial charge in [0.15, 0.2) is 0 Å². The van der Waals surface area contributed by atoms with Gasteiger partial charge >= 0.3 is 0 Å². The molecule has 0 aliphatic carbocycles. The Morgan fingerprint density at radius 1 is 1.33 bits per heavy atom. The summed E-state index contributed by atoms with van der Waals surface area (Å²) >= 11 is 9.78. The predicted octanol–water partition coefficient (Wildman–Crippen LogP) is 4.24. The molecular formula is C8H5Br3O. The highest BCUT2D eigenvalue weighted by atomic mass is 79.9. The van der Waals surface area contributed by atoms with E-state index >= 15 is 0 Å². The van der Waals surface area contributed by atoms with Crippen LogP contribution < -0.4 is 0 Å². The highest BCUT2D eigenvalue weighted by Gasteiger charge is 2.01. The summed E-state index contributed by atoms with van der Waals surface area (Å²) in [7, 11) is 0. The Kier molecular flexibility index (Phi) is 3.80. The first-order valence-electron chi connectivity index (χ1n) is 3.11. The van der Waals surface area contributed by atoms with Gasteiger partial charge in [-0.2, -0.15) is 0 Å². The maximum absolute atomic E-state index is 9.42. The average Bonchev–Trinajstić information content (AvgIpc) is 1.97. The molecule has 0 radical (unpaired) electrons. The van der Waals surface area contributed by atoms with Crippen molar-refractivity contribution in [2.24, 2.45) is 0 Å². The second-order valence-corrected chi connectivity index (χ2v) is 5.73. The lowest BCUT2D eigenvalue weighted by Gasteiger charge is -2.00. The van der Waals surface area contributed by atoms with Crippen LogP contribution >= 0.6 is 47.8 Å². The molecule has 0 unspecified atom stereocenters. The van der Waals surface area contributed by atoms with E-state index in [-0.39, 0.29) is 5.75 Å². The highest BCUT2D eigenvalue weighted by Crippen LogP contribution is 2.30. The fraction of sp³-hybridized carbons (Fsp3) is 0. The van der Waals surface area contributed by atoms with Crippen LogP contribution in [0, 0.1) is 0 Å². The van der Waals surface area contributed by atoms with Crippen molar-refractivity contribution in [3.63, 3.8) is 0 Å². The van der Waals surface area contributed by atoms with E-state index in [2.05, 4.69) is 47.8 Å². The molecule has 0 bridgehead atoms. The Morgan fingerprint density at radius 2 is 2.00 bits per heavy atom. The number of benzene rings is 1. The zero-order valence-corrected chi connectivity index (χ0v) is 10.6. The number of hydrogen-bond acceptors (Lipinski definition) is 1. The normalized spacial score (nSPS) is 9.58. The maximum Gasteiger partial charge on any atom is 0.123 e. The lowest BCUT2D eigenvalue weighted by molar-refractivity contribution is 0.473. The molecule has 64 valence electrons. The minimum atomic E-state index is 0.251. The Morgan fingerprint density at radius 3 is 2.50 bits per heavy atom. The van der Waals surface area contributed by atoms with Crippen molar-refractivity contribution < 1.29 is 5.11 Å². The second-order valence-electron chi connectivity index (χ2n) is 2.11. The second kappa shape index (κ2) is 4.44. The van der Waals surface area contributed by atoms with Crippen LogP contribution in [0.5, 0.6) is 5.75 Å². The topological polar surface area (TPSA) is 20.2 Å². The number of halogens is 3. The van der Waals surface area contributed by atoms with Crippen LogP contribution in [0.2, 0.25) is 0 Å². The fourth-order valence-corrected chi connectivity index (χ4v) is 1.71. The number of rotatable bonds is 1. The molecular weight excluding hydrogens is 352 g/mol. The third kappa shape index (κ3) is 2.61. The SMILES string of the molecule is Oc1cccc(Br)c1C=C(Br)Br. The largest absolute Gasteiger partial charge is 0.507 e. The smallest absolute Gasteiger partial charge is 0.123 e. The van der Waals surface area contributed by atoms with Crippen molar-refractivity contribution in [2.45, 2.75) is 0 Å². The monoisotopic (exact) mass is 354 g/mol. The minimum Gasteiger partial charge on any atom is -0.507 e. The van der Waals surface area contributed by atoms with Crippen molar-refractivity contribution in [1.82, 2.24) is 0 Å². The molecule has 12 heavy (non-hydrogen) atoms. The summed E-state index contributed by atoms with van der Waals surface area (Å²) < 4.78 is 1.65. The maximum atomic E-state index is 9.42. The molecule has 0 heterocycles. The molecule has 0 saturated heterocycles. The van der Waals surface area contributed by atoms with Crippen molar-refractivity contribution in [2.75, 3.05) is 0 Å². The molecule has 1 nitrogen and oxygen atoms in total. The number of phenols is 1. The molecule has 1 N–H and O–H groups in total. The summed E-state index contributed by atoms with van der Waals surface area (Å²) in [5.74, 6) is 0.251. The van der Waals surface area contributed by atoms with E-state index in [1.807, 2.05) is 6.07 Å². The molecule has 1 aromatic carbocycles.